The van der Waals surface area contributed by atoms with Gasteiger partial charge in [-0.1, -0.05) is 17.8 Å². The largest absolute Gasteiger partial charge is 0.376 e. The Bertz CT molecular complexity index is 1060. The molecule has 7 nitrogen and oxygen atoms in total. The molecule has 1 unspecified atom stereocenters. The third-order valence-corrected chi connectivity index (χ3v) is 7.83. The molecule has 4 heterocycles. The molecule has 1 aromatic carbocycles. The highest BCUT2D eigenvalue weighted by Gasteiger charge is 2.25. The van der Waals surface area contributed by atoms with Crippen molar-refractivity contribution < 1.29 is 13.9 Å². The smallest absolute Gasteiger partial charge is 0.233 e. The molecule has 2 aliphatic heterocycles. The van der Waals surface area contributed by atoms with E-state index in [9.17, 15) is 9.18 Å². The monoisotopic (exact) mass is 487 g/mol. The molecular weight excluding hydrogens is 461 g/mol. The molecule has 174 valence electrons. The lowest BCUT2D eigenvalue weighted by atomic mass is 10.2. The number of thioether (sulfide) groups is 1. The number of rotatable bonds is 7. The Labute approximate surface area is 200 Å². The second kappa shape index (κ2) is 10.2. The van der Waals surface area contributed by atoms with Gasteiger partial charge in [-0.3, -0.25) is 9.36 Å². The minimum absolute atomic E-state index is 0.100. The second-order valence-electron chi connectivity index (χ2n) is 8.16. The summed E-state index contributed by atoms with van der Waals surface area (Å²) in [5.74, 6) is 1.02. The molecule has 0 N–H and O–H groups in total. The first-order valence-electron chi connectivity index (χ1n) is 11.2. The van der Waals surface area contributed by atoms with Gasteiger partial charge in [-0.2, -0.15) is 0 Å². The summed E-state index contributed by atoms with van der Waals surface area (Å²) >= 11 is 3.07. The second-order valence-corrected chi connectivity index (χ2v) is 10.1. The number of thiophene rings is 1. The maximum Gasteiger partial charge on any atom is 0.233 e. The molecular formula is C23H26FN5O2S2. The molecule has 33 heavy (non-hydrogen) atoms. The third-order valence-electron chi connectivity index (χ3n) is 6.02. The van der Waals surface area contributed by atoms with Crippen molar-refractivity contribution in [1.29, 1.82) is 0 Å². The predicted molar refractivity (Wildman–Crippen MR) is 128 cm³/mol. The Morgan fingerprint density at radius 2 is 1.97 bits per heavy atom. The number of carbonyl (C=O) groups excluding carboxylic acids is 1. The molecule has 10 heteroatoms. The maximum atomic E-state index is 13.2. The summed E-state index contributed by atoms with van der Waals surface area (Å²) in [4.78, 5) is 18.1. The number of halogens is 1. The van der Waals surface area contributed by atoms with E-state index in [1.807, 2.05) is 22.4 Å². The number of benzene rings is 1. The fourth-order valence-electron chi connectivity index (χ4n) is 4.22. The zero-order valence-electron chi connectivity index (χ0n) is 18.2. The van der Waals surface area contributed by atoms with Gasteiger partial charge in [0.1, 0.15) is 5.82 Å². The minimum atomic E-state index is -0.237. The third kappa shape index (κ3) is 5.23. The van der Waals surface area contributed by atoms with Gasteiger partial charge in [-0.25, -0.2) is 4.39 Å². The summed E-state index contributed by atoms with van der Waals surface area (Å²) in [5.41, 5.74) is 0.987. The fraction of sp³-hybridized carbons (Fsp3) is 0.435. The summed E-state index contributed by atoms with van der Waals surface area (Å²) < 4.78 is 21.1. The average Bonchev–Trinajstić information content (AvgIpc) is 3.61. The van der Waals surface area contributed by atoms with E-state index < -0.39 is 0 Å². The van der Waals surface area contributed by atoms with Crippen LogP contribution in [0.4, 0.5) is 10.1 Å². The van der Waals surface area contributed by atoms with Crippen LogP contribution < -0.4 is 4.90 Å². The molecule has 2 fully saturated rings. The van der Waals surface area contributed by atoms with Crippen molar-refractivity contribution >= 4 is 34.7 Å². The molecule has 0 bridgehead atoms. The average molecular weight is 488 g/mol. The summed E-state index contributed by atoms with van der Waals surface area (Å²) in [6.07, 6.45) is 2.27. The Morgan fingerprint density at radius 3 is 2.67 bits per heavy atom. The molecule has 1 atom stereocenters. The Morgan fingerprint density at radius 1 is 1.15 bits per heavy atom. The first-order chi connectivity index (χ1) is 16.2. The van der Waals surface area contributed by atoms with Crippen molar-refractivity contribution in [3.05, 3.63) is 47.6 Å². The van der Waals surface area contributed by atoms with Crippen LogP contribution in [0.15, 0.2) is 46.9 Å². The molecule has 3 aromatic rings. The number of hydrogen-bond acceptors (Lipinski definition) is 7. The van der Waals surface area contributed by atoms with Crippen molar-refractivity contribution in [3.63, 3.8) is 0 Å². The van der Waals surface area contributed by atoms with E-state index in [1.165, 1.54) is 23.9 Å². The Kier molecular flexibility index (Phi) is 6.93. The van der Waals surface area contributed by atoms with Crippen LogP contribution in [0.2, 0.25) is 0 Å². The van der Waals surface area contributed by atoms with E-state index in [0.717, 1.165) is 54.1 Å². The van der Waals surface area contributed by atoms with E-state index in [4.69, 9.17) is 4.74 Å². The molecule has 0 radical (unpaired) electrons. The molecule has 2 aromatic heterocycles. The molecule has 5 rings (SSSR count). The zero-order chi connectivity index (χ0) is 22.6. The number of ether oxygens (including phenoxy) is 1. The van der Waals surface area contributed by atoms with Gasteiger partial charge in [0.2, 0.25) is 5.91 Å². The van der Waals surface area contributed by atoms with Crippen LogP contribution in [-0.4, -0.2) is 70.2 Å². The topological polar surface area (TPSA) is 63.5 Å². The van der Waals surface area contributed by atoms with Crippen molar-refractivity contribution in [1.82, 2.24) is 19.7 Å². The SMILES string of the molecule is O=C(CSc1nnc(-c2cccs2)n1CC1CCCO1)N1CCN(c2ccc(F)cc2)CC1. The number of hydrogen-bond donors (Lipinski definition) is 0. The fourth-order valence-corrected chi connectivity index (χ4v) is 5.79. The van der Waals surface area contributed by atoms with Crippen LogP contribution in [0, 0.1) is 5.82 Å². The van der Waals surface area contributed by atoms with Crippen molar-refractivity contribution in [2.45, 2.75) is 30.6 Å². The van der Waals surface area contributed by atoms with Crippen LogP contribution in [0.25, 0.3) is 10.7 Å². The van der Waals surface area contributed by atoms with E-state index in [-0.39, 0.29) is 17.8 Å². The number of piperazine rings is 1. The predicted octanol–water partition coefficient (Wildman–Crippen LogP) is 3.77. The first-order valence-corrected chi connectivity index (χ1v) is 13.0. The van der Waals surface area contributed by atoms with Gasteiger partial charge >= 0.3 is 0 Å². The Balaban J connectivity index is 1.20. The highest BCUT2D eigenvalue weighted by molar-refractivity contribution is 7.99. The summed E-state index contributed by atoms with van der Waals surface area (Å²) in [5, 5.41) is 11.6. The number of aromatic nitrogens is 3. The molecule has 1 amide bonds. The number of carbonyl (C=O) groups is 1. The lowest BCUT2D eigenvalue weighted by Crippen LogP contribution is -2.49. The minimum Gasteiger partial charge on any atom is -0.376 e. The Hall–Kier alpha value is -2.43. The summed E-state index contributed by atoms with van der Waals surface area (Å²) in [6, 6.07) is 10.6. The molecule has 0 aliphatic carbocycles. The van der Waals surface area contributed by atoms with E-state index in [2.05, 4.69) is 19.7 Å². The lowest BCUT2D eigenvalue weighted by Gasteiger charge is -2.36. The van der Waals surface area contributed by atoms with E-state index >= 15 is 0 Å². The van der Waals surface area contributed by atoms with Crippen LogP contribution in [0.5, 0.6) is 0 Å². The van der Waals surface area contributed by atoms with E-state index in [1.54, 1.807) is 23.5 Å². The highest BCUT2D eigenvalue weighted by atomic mass is 32.2. The van der Waals surface area contributed by atoms with Gasteiger partial charge < -0.3 is 14.5 Å². The first kappa shape index (κ1) is 22.4. The number of nitrogens with zero attached hydrogens (tertiary/aromatic N) is 5. The molecule has 0 spiro atoms. The van der Waals surface area contributed by atoms with Crippen LogP contribution in [0.3, 0.4) is 0 Å². The highest BCUT2D eigenvalue weighted by Crippen LogP contribution is 2.29. The van der Waals surface area contributed by atoms with Crippen LogP contribution >= 0.6 is 23.1 Å². The van der Waals surface area contributed by atoms with Gasteiger partial charge in [0.25, 0.3) is 0 Å². The number of amides is 1. The van der Waals surface area contributed by atoms with Gasteiger partial charge in [0.05, 0.1) is 23.3 Å². The number of anilines is 1. The summed E-state index contributed by atoms with van der Waals surface area (Å²) in [7, 11) is 0. The normalized spacial score (nSPS) is 18.8. The standard InChI is InChI=1S/C23H26FN5O2S2/c24-17-5-7-18(8-6-17)27-9-11-28(12-10-27)21(30)16-33-23-26-25-22(20-4-2-14-32-20)29(23)15-19-3-1-13-31-19/h2,4-8,14,19H,1,3,9-13,15-16H2. The van der Waals surface area contributed by atoms with Crippen molar-refractivity contribution in [2.24, 2.45) is 0 Å². The van der Waals surface area contributed by atoms with Crippen LogP contribution in [0.1, 0.15) is 12.8 Å². The maximum absolute atomic E-state index is 13.2. The van der Waals surface area contributed by atoms with Crippen molar-refractivity contribution in [2.75, 3.05) is 43.4 Å². The molecule has 2 aliphatic rings. The van der Waals surface area contributed by atoms with Gasteiger partial charge in [-0.15, -0.1) is 21.5 Å². The lowest BCUT2D eigenvalue weighted by molar-refractivity contribution is -0.128. The van der Waals surface area contributed by atoms with Gasteiger partial charge in [-0.05, 0) is 48.6 Å². The van der Waals surface area contributed by atoms with Gasteiger partial charge in [0.15, 0.2) is 11.0 Å². The summed E-state index contributed by atoms with van der Waals surface area (Å²) in [6.45, 7) is 4.28. The van der Waals surface area contributed by atoms with Crippen molar-refractivity contribution in [3.8, 4) is 10.7 Å². The zero-order valence-corrected chi connectivity index (χ0v) is 19.9. The van der Waals surface area contributed by atoms with Gasteiger partial charge in [0, 0.05) is 38.5 Å². The molecule has 2 saturated heterocycles. The molecule has 0 saturated carbocycles. The quantitative estimate of drug-likeness (QED) is 0.473. The van der Waals surface area contributed by atoms with E-state index in [0.29, 0.717) is 25.4 Å². The van der Waals surface area contributed by atoms with Crippen LogP contribution in [-0.2, 0) is 16.1 Å².